The molecule has 142 valence electrons. The summed E-state index contributed by atoms with van der Waals surface area (Å²) in [5.41, 5.74) is 7.05. The number of carbonyl (C=O) groups is 2. The van der Waals surface area contributed by atoms with Crippen molar-refractivity contribution in [1.29, 1.82) is 0 Å². The van der Waals surface area contributed by atoms with Crippen molar-refractivity contribution < 1.29 is 14.0 Å². The van der Waals surface area contributed by atoms with Gasteiger partial charge in [0.1, 0.15) is 11.6 Å². The smallest absolute Gasteiger partial charge is 0.305 e. The van der Waals surface area contributed by atoms with Crippen molar-refractivity contribution >= 4 is 49.5 Å². The number of fused-ring (bicyclic) bond motifs is 2. The van der Waals surface area contributed by atoms with Crippen LogP contribution in [0, 0.1) is 6.92 Å². The van der Waals surface area contributed by atoms with Crippen LogP contribution in [0.1, 0.15) is 23.0 Å². The second-order valence-corrected chi connectivity index (χ2v) is 7.38. The Morgan fingerprint density at radius 3 is 2.61 bits per heavy atom. The molecule has 0 aliphatic carbocycles. The third-order valence-corrected chi connectivity index (χ3v) is 5.34. The van der Waals surface area contributed by atoms with Gasteiger partial charge in [-0.25, -0.2) is 4.98 Å². The Morgan fingerprint density at radius 1 is 1.07 bits per heavy atom. The number of amides is 2. The molecule has 0 bridgehead atoms. The van der Waals surface area contributed by atoms with E-state index in [-0.39, 0.29) is 11.7 Å². The van der Waals surface area contributed by atoms with E-state index in [9.17, 15) is 9.59 Å². The maximum atomic E-state index is 12.4. The van der Waals surface area contributed by atoms with Gasteiger partial charge in [0.05, 0.1) is 10.2 Å². The lowest BCUT2D eigenvalue weighted by atomic mass is 10.1. The molecule has 0 spiro atoms. The molecular formula is C20H18N4O3S. The first kappa shape index (κ1) is 18.0. The molecule has 4 rings (SSSR count). The minimum atomic E-state index is -0.586. The number of aryl methyl sites for hydroxylation is 1. The van der Waals surface area contributed by atoms with Crippen LogP contribution < -0.4 is 16.2 Å². The van der Waals surface area contributed by atoms with Gasteiger partial charge in [0.25, 0.3) is 5.91 Å². The number of nitrogens with zero attached hydrogens (tertiary/aromatic N) is 1. The summed E-state index contributed by atoms with van der Waals surface area (Å²) < 4.78 is 6.63. The van der Waals surface area contributed by atoms with Gasteiger partial charge in [-0.3, -0.25) is 20.4 Å². The minimum Gasteiger partial charge on any atom is -0.451 e. The number of hydrogen-bond donors (Lipinski definition) is 3. The largest absolute Gasteiger partial charge is 0.451 e. The van der Waals surface area contributed by atoms with Crippen molar-refractivity contribution in [2.75, 3.05) is 5.32 Å². The van der Waals surface area contributed by atoms with E-state index in [1.165, 1.54) is 11.3 Å². The number of hydrogen-bond acceptors (Lipinski definition) is 6. The van der Waals surface area contributed by atoms with Gasteiger partial charge in [-0.2, -0.15) is 0 Å². The van der Waals surface area contributed by atoms with Gasteiger partial charge in [-0.1, -0.05) is 41.7 Å². The van der Waals surface area contributed by atoms with Gasteiger partial charge in [0.15, 0.2) is 10.9 Å². The Hall–Kier alpha value is -3.39. The molecule has 28 heavy (non-hydrogen) atoms. The summed E-state index contributed by atoms with van der Waals surface area (Å²) in [6.45, 7) is 3.50. The molecule has 4 aromatic rings. The van der Waals surface area contributed by atoms with E-state index in [4.69, 9.17) is 4.42 Å². The van der Waals surface area contributed by atoms with Crippen LogP contribution in [0.4, 0.5) is 5.13 Å². The number of thiazole rings is 1. The Kier molecular flexibility index (Phi) is 4.70. The number of furan rings is 1. The number of para-hydroxylation sites is 2. The van der Waals surface area contributed by atoms with E-state index < -0.39 is 11.9 Å². The van der Waals surface area contributed by atoms with E-state index in [0.717, 1.165) is 21.2 Å². The molecule has 0 saturated carbocycles. The Balaban J connectivity index is 1.38. The molecule has 0 radical (unpaired) electrons. The highest BCUT2D eigenvalue weighted by Gasteiger charge is 2.20. The average Bonchev–Trinajstić information content (AvgIpc) is 3.26. The fraction of sp³-hybridized carbons (Fsp3) is 0.150. The maximum absolute atomic E-state index is 12.4. The van der Waals surface area contributed by atoms with Crippen LogP contribution in [0.5, 0.6) is 0 Å². The van der Waals surface area contributed by atoms with Crippen LogP contribution >= 0.6 is 11.3 Å². The van der Waals surface area contributed by atoms with Crippen molar-refractivity contribution in [1.82, 2.24) is 15.8 Å². The predicted molar refractivity (Wildman–Crippen MR) is 109 cm³/mol. The first-order valence-electron chi connectivity index (χ1n) is 8.73. The highest BCUT2D eigenvalue weighted by atomic mass is 32.1. The summed E-state index contributed by atoms with van der Waals surface area (Å²) in [4.78, 5) is 29.1. The molecule has 8 heteroatoms. The lowest BCUT2D eigenvalue weighted by molar-refractivity contribution is -0.122. The molecule has 3 N–H and O–H groups in total. The normalized spacial score (nSPS) is 12.1. The van der Waals surface area contributed by atoms with Crippen LogP contribution in [-0.2, 0) is 4.79 Å². The number of nitrogens with one attached hydrogen (secondary N) is 3. The van der Waals surface area contributed by atoms with Gasteiger partial charge >= 0.3 is 5.91 Å². The van der Waals surface area contributed by atoms with Gasteiger partial charge in [-0.05, 0) is 32.0 Å². The van der Waals surface area contributed by atoms with Gasteiger partial charge < -0.3 is 9.73 Å². The topological polar surface area (TPSA) is 96.3 Å². The van der Waals surface area contributed by atoms with Gasteiger partial charge in [-0.15, -0.1) is 0 Å². The summed E-state index contributed by atoms with van der Waals surface area (Å²) in [6, 6.07) is 14.5. The lowest BCUT2D eigenvalue weighted by Gasteiger charge is -2.13. The van der Waals surface area contributed by atoms with Gasteiger partial charge in [0.2, 0.25) is 0 Å². The predicted octanol–water partition coefficient (Wildman–Crippen LogP) is 3.61. The Bertz CT molecular complexity index is 1150. The molecule has 2 heterocycles. The van der Waals surface area contributed by atoms with Crippen molar-refractivity contribution in [2.24, 2.45) is 0 Å². The fourth-order valence-electron chi connectivity index (χ4n) is 2.86. The molecule has 0 fully saturated rings. The Labute approximate surface area is 164 Å². The maximum Gasteiger partial charge on any atom is 0.305 e. The van der Waals surface area contributed by atoms with E-state index in [1.54, 1.807) is 19.9 Å². The second kappa shape index (κ2) is 7.32. The zero-order valence-corrected chi connectivity index (χ0v) is 16.1. The van der Waals surface area contributed by atoms with Crippen LogP contribution in [0.3, 0.4) is 0 Å². The monoisotopic (exact) mass is 394 g/mol. The number of hydrazine groups is 1. The third-order valence-electron chi connectivity index (χ3n) is 4.38. The SMILES string of the molecule is Cc1c(C(=O)NNC(=O)C(C)Nc2nc3ccccc3s2)oc2ccccc12. The molecule has 0 aliphatic heterocycles. The number of rotatable bonds is 4. The zero-order valence-electron chi connectivity index (χ0n) is 15.3. The molecular weight excluding hydrogens is 376 g/mol. The average molecular weight is 394 g/mol. The first-order chi connectivity index (χ1) is 13.5. The third kappa shape index (κ3) is 3.41. The van der Waals surface area contributed by atoms with Crippen molar-refractivity contribution in [3.05, 3.63) is 59.9 Å². The summed E-state index contributed by atoms with van der Waals surface area (Å²) in [5.74, 6) is -0.719. The minimum absolute atomic E-state index is 0.174. The first-order valence-corrected chi connectivity index (χ1v) is 9.55. The quantitative estimate of drug-likeness (QED) is 0.460. The molecule has 2 aromatic carbocycles. The highest BCUT2D eigenvalue weighted by molar-refractivity contribution is 7.22. The van der Waals surface area contributed by atoms with Crippen LogP contribution in [0.2, 0.25) is 0 Å². The molecule has 2 aromatic heterocycles. The summed E-state index contributed by atoms with van der Waals surface area (Å²) >= 11 is 1.46. The lowest BCUT2D eigenvalue weighted by Crippen LogP contribution is -2.47. The molecule has 0 saturated heterocycles. The van der Waals surface area contributed by atoms with Crippen molar-refractivity contribution in [3.8, 4) is 0 Å². The molecule has 2 amide bonds. The summed E-state index contributed by atoms with van der Waals surface area (Å²) in [5, 5.41) is 4.56. The fourth-order valence-corrected chi connectivity index (χ4v) is 3.81. The zero-order chi connectivity index (χ0) is 19.7. The molecule has 1 unspecified atom stereocenters. The van der Waals surface area contributed by atoms with Crippen molar-refractivity contribution in [2.45, 2.75) is 19.9 Å². The van der Waals surface area contributed by atoms with Gasteiger partial charge in [0, 0.05) is 10.9 Å². The molecule has 0 aliphatic rings. The summed E-state index contributed by atoms with van der Waals surface area (Å²) in [6.07, 6.45) is 0. The Morgan fingerprint density at radius 2 is 1.82 bits per heavy atom. The number of aromatic nitrogens is 1. The number of carbonyl (C=O) groups excluding carboxylic acids is 2. The van der Waals surface area contributed by atoms with Crippen LogP contribution in [-0.4, -0.2) is 22.8 Å². The second-order valence-electron chi connectivity index (χ2n) is 6.35. The highest BCUT2D eigenvalue weighted by Crippen LogP contribution is 2.26. The van der Waals surface area contributed by atoms with E-state index in [2.05, 4.69) is 21.2 Å². The van der Waals surface area contributed by atoms with E-state index >= 15 is 0 Å². The number of benzene rings is 2. The molecule has 1 atom stereocenters. The van der Waals surface area contributed by atoms with E-state index in [0.29, 0.717) is 10.7 Å². The molecule has 7 nitrogen and oxygen atoms in total. The standard InChI is InChI=1S/C20H18N4O3S/c1-11-13-7-3-5-9-15(13)27-17(11)19(26)24-23-18(25)12(2)21-20-22-14-8-4-6-10-16(14)28-20/h3-10,12H,1-2H3,(H,21,22)(H,23,25)(H,24,26). The van der Waals surface area contributed by atoms with Crippen LogP contribution in [0.25, 0.3) is 21.2 Å². The summed E-state index contributed by atoms with van der Waals surface area (Å²) in [7, 11) is 0. The van der Waals surface area contributed by atoms with Crippen LogP contribution in [0.15, 0.2) is 52.9 Å². The number of anilines is 1. The van der Waals surface area contributed by atoms with Crippen molar-refractivity contribution in [3.63, 3.8) is 0 Å². The van der Waals surface area contributed by atoms with E-state index in [1.807, 2.05) is 42.5 Å².